The molecule has 0 saturated heterocycles. The number of benzene rings is 3. The maximum atomic E-state index is 15.0. The molecule has 0 saturated carbocycles. The van der Waals surface area contributed by atoms with Crippen molar-refractivity contribution in [1.82, 2.24) is 10.3 Å². The molecular formula is C37H42N2O7S. The van der Waals surface area contributed by atoms with Gasteiger partial charge in [0.05, 0.1) is 59.5 Å². The molecule has 1 aliphatic heterocycles. The van der Waals surface area contributed by atoms with E-state index in [0.717, 1.165) is 70.3 Å². The van der Waals surface area contributed by atoms with E-state index >= 15 is 0 Å². The number of hydrogen-bond donors (Lipinski definition) is 1. The van der Waals surface area contributed by atoms with Crippen molar-refractivity contribution >= 4 is 28.4 Å². The van der Waals surface area contributed by atoms with E-state index in [9.17, 15) is 4.79 Å². The van der Waals surface area contributed by atoms with Crippen LogP contribution in [0, 0.1) is 0 Å². The molecule has 10 heteroatoms. The highest BCUT2D eigenvalue weighted by Crippen LogP contribution is 2.45. The van der Waals surface area contributed by atoms with E-state index in [1.54, 1.807) is 54.4 Å². The van der Waals surface area contributed by atoms with Gasteiger partial charge in [0, 0.05) is 34.7 Å². The number of methoxy groups -OCH3 is 6. The predicted octanol–water partition coefficient (Wildman–Crippen LogP) is 6.32. The Morgan fingerprint density at radius 1 is 0.809 bits per heavy atom. The van der Waals surface area contributed by atoms with Gasteiger partial charge in [-0.15, -0.1) is 11.8 Å². The third kappa shape index (κ3) is 6.41. The summed E-state index contributed by atoms with van der Waals surface area (Å²) in [6.07, 6.45) is 5.20. The molecule has 6 rings (SSSR count). The minimum absolute atomic E-state index is 0.0797. The molecule has 2 atom stereocenters. The van der Waals surface area contributed by atoms with Gasteiger partial charge in [-0.3, -0.25) is 9.78 Å². The maximum Gasteiger partial charge on any atom is 0.167 e. The predicted molar refractivity (Wildman–Crippen MR) is 183 cm³/mol. The van der Waals surface area contributed by atoms with Crippen molar-refractivity contribution in [1.29, 1.82) is 0 Å². The Bertz CT molecular complexity index is 1790. The summed E-state index contributed by atoms with van der Waals surface area (Å²) in [5.74, 6) is 3.97. The molecule has 1 N–H and O–H groups in total. The highest BCUT2D eigenvalue weighted by molar-refractivity contribution is 8.01. The number of Topliss-reactive ketones (excluding diaryl/α,β-unsaturated/α-hetero) is 1. The number of carbonyl (C=O) groups is 1. The number of nitrogens with zero attached hydrogens (tertiary/aromatic N) is 1. The Labute approximate surface area is 280 Å². The van der Waals surface area contributed by atoms with Gasteiger partial charge in [0.1, 0.15) is 11.5 Å². The number of carbonyl (C=O) groups excluding carboxylic acids is 1. The monoisotopic (exact) mass is 658 g/mol. The summed E-state index contributed by atoms with van der Waals surface area (Å²) in [4.78, 5) is 21.2. The molecule has 47 heavy (non-hydrogen) atoms. The Kier molecular flexibility index (Phi) is 9.98. The zero-order valence-corrected chi connectivity index (χ0v) is 28.7. The van der Waals surface area contributed by atoms with Crippen LogP contribution in [0.25, 0.3) is 10.9 Å². The molecule has 9 nitrogen and oxygen atoms in total. The molecule has 2 heterocycles. The lowest BCUT2D eigenvalue weighted by molar-refractivity contribution is -0.120. The molecular weight excluding hydrogens is 616 g/mol. The summed E-state index contributed by atoms with van der Waals surface area (Å²) in [6.45, 7) is 0.673. The third-order valence-electron chi connectivity index (χ3n) is 9.18. The quantitative estimate of drug-likeness (QED) is 0.174. The zero-order valence-electron chi connectivity index (χ0n) is 27.9. The topological polar surface area (TPSA) is 97.4 Å². The number of nitrogens with one attached hydrogen (secondary N) is 1. The molecule has 4 aromatic rings. The number of rotatable bonds is 12. The first-order valence-corrected chi connectivity index (χ1v) is 16.8. The van der Waals surface area contributed by atoms with Crippen LogP contribution in [0.2, 0.25) is 0 Å². The fraction of sp³-hybridized carbons (Fsp3) is 0.405. The number of fused-ring (bicyclic) bond motifs is 3. The first kappa shape index (κ1) is 32.8. The lowest BCUT2D eigenvalue weighted by Gasteiger charge is -2.31. The van der Waals surface area contributed by atoms with E-state index < -0.39 is 11.3 Å². The lowest BCUT2D eigenvalue weighted by atomic mass is 9.89. The van der Waals surface area contributed by atoms with Crippen molar-refractivity contribution in [2.75, 3.05) is 49.2 Å². The van der Waals surface area contributed by atoms with Crippen LogP contribution in [0.4, 0.5) is 0 Å². The van der Waals surface area contributed by atoms with Crippen LogP contribution >= 0.6 is 11.8 Å². The van der Waals surface area contributed by atoms with Crippen molar-refractivity contribution in [3.05, 3.63) is 70.4 Å². The molecule has 248 valence electrons. The average molecular weight is 659 g/mol. The van der Waals surface area contributed by atoms with E-state index in [-0.39, 0.29) is 5.78 Å². The van der Waals surface area contributed by atoms with Crippen molar-refractivity contribution < 1.29 is 33.2 Å². The van der Waals surface area contributed by atoms with Crippen LogP contribution in [0.3, 0.4) is 0 Å². The number of ketones is 1. The van der Waals surface area contributed by atoms with Gasteiger partial charge >= 0.3 is 0 Å². The second-order valence-corrected chi connectivity index (χ2v) is 12.9. The SMILES string of the molecule is COc1ccc(CC(Sc2c3c(nc4cc(OC)c(OC)cc24)CCCC3)C(=O)C2NCCc3cc(OC)c(OC)cc32)c(OC)c1. The summed E-state index contributed by atoms with van der Waals surface area (Å²) in [7, 11) is 9.80. The summed E-state index contributed by atoms with van der Waals surface area (Å²) in [6, 6.07) is 13.1. The number of thioether (sulfide) groups is 1. The van der Waals surface area contributed by atoms with E-state index in [1.165, 1.54) is 5.56 Å². The van der Waals surface area contributed by atoms with Gasteiger partial charge in [-0.1, -0.05) is 6.07 Å². The molecule has 0 fully saturated rings. The largest absolute Gasteiger partial charge is 0.497 e. The molecule has 2 aliphatic rings. The first-order chi connectivity index (χ1) is 22.9. The van der Waals surface area contributed by atoms with E-state index in [4.69, 9.17) is 33.4 Å². The summed E-state index contributed by atoms with van der Waals surface area (Å²) >= 11 is 1.61. The summed E-state index contributed by atoms with van der Waals surface area (Å²) in [5, 5.41) is 4.02. The van der Waals surface area contributed by atoms with Crippen LogP contribution in [0.5, 0.6) is 34.5 Å². The highest BCUT2D eigenvalue weighted by atomic mass is 32.2. The smallest absolute Gasteiger partial charge is 0.167 e. The summed E-state index contributed by atoms with van der Waals surface area (Å²) < 4.78 is 33.9. The fourth-order valence-electron chi connectivity index (χ4n) is 6.73. The van der Waals surface area contributed by atoms with Gasteiger partial charge < -0.3 is 33.7 Å². The number of hydrogen-bond acceptors (Lipinski definition) is 10. The van der Waals surface area contributed by atoms with Gasteiger partial charge in [-0.2, -0.15) is 0 Å². The van der Waals surface area contributed by atoms with Gasteiger partial charge in [0.2, 0.25) is 0 Å². The molecule has 0 amide bonds. The van der Waals surface area contributed by atoms with Crippen LogP contribution in [-0.4, -0.2) is 65.2 Å². The Balaban J connectivity index is 1.50. The lowest BCUT2D eigenvalue weighted by Crippen LogP contribution is -2.40. The Morgan fingerprint density at radius 3 is 2.21 bits per heavy atom. The molecule has 2 unspecified atom stereocenters. The Hall–Kier alpha value is -4.15. The van der Waals surface area contributed by atoms with Gasteiger partial charge in [-0.25, -0.2) is 0 Å². The molecule has 1 aromatic heterocycles. The molecule has 0 radical (unpaired) electrons. The summed E-state index contributed by atoms with van der Waals surface area (Å²) in [5.41, 5.74) is 6.05. The normalized spacial score (nSPS) is 16.1. The third-order valence-corrected chi connectivity index (χ3v) is 10.6. The van der Waals surface area contributed by atoms with E-state index in [2.05, 4.69) is 5.32 Å². The van der Waals surface area contributed by atoms with Crippen molar-refractivity contribution in [3.8, 4) is 34.5 Å². The zero-order chi connectivity index (χ0) is 33.1. The number of aromatic nitrogens is 1. The number of pyridine rings is 1. The molecule has 3 aromatic carbocycles. The van der Waals surface area contributed by atoms with Crippen molar-refractivity contribution in [3.63, 3.8) is 0 Å². The standard InChI is InChI=1S/C37H42N2O7S/c1-41-23-12-11-22(29(17-23)42-2)16-34(36(40)35-25-18-31(44-4)30(43-3)15-21(25)13-14-38-35)47-37-24-9-7-8-10-27(24)39-28-20-33(46-6)32(45-5)19-26(28)37/h11-12,15,17-20,34-35,38H,7-10,13-14,16H2,1-6H3. The van der Waals surface area contributed by atoms with Crippen LogP contribution < -0.4 is 33.7 Å². The van der Waals surface area contributed by atoms with E-state index in [1.807, 2.05) is 42.5 Å². The van der Waals surface area contributed by atoms with Crippen molar-refractivity contribution in [2.24, 2.45) is 0 Å². The average Bonchev–Trinajstić information content (AvgIpc) is 3.12. The Morgan fingerprint density at radius 2 is 1.49 bits per heavy atom. The van der Waals surface area contributed by atoms with Crippen LogP contribution in [-0.2, 0) is 30.5 Å². The second kappa shape index (κ2) is 14.3. The minimum Gasteiger partial charge on any atom is -0.497 e. The first-order valence-electron chi connectivity index (χ1n) is 15.9. The molecule has 1 aliphatic carbocycles. The second-order valence-electron chi connectivity index (χ2n) is 11.7. The highest BCUT2D eigenvalue weighted by Gasteiger charge is 2.35. The van der Waals surface area contributed by atoms with Crippen LogP contribution in [0.1, 0.15) is 46.8 Å². The fourth-order valence-corrected chi connectivity index (χ4v) is 8.18. The van der Waals surface area contributed by atoms with Crippen LogP contribution in [0.15, 0.2) is 47.4 Å². The molecule has 0 spiro atoms. The van der Waals surface area contributed by atoms with Gasteiger partial charge in [0.25, 0.3) is 0 Å². The van der Waals surface area contributed by atoms with Gasteiger partial charge in [0.15, 0.2) is 28.8 Å². The molecule has 0 bridgehead atoms. The maximum absolute atomic E-state index is 15.0. The minimum atomic E-state index is -0.529. The number of aryl methyl sites for hydroxylation is 1. The number of ether oxygens (including phenoxy) is 6. The van der Waals surface area contributed by atoms with Gasteiger partial charge in [-0.05, 0) is 85.0 Å². The van der Waals surface area contributed by atoms with Crippen molar-refractivity contribution in [2.45, 2.75) is 54.7 Å². The van der Waals surface area contributed by atoms with E-state index in [0.29, 0.717) is 47.5 Å².